The van der Waals surface area contributed by atoms with Crippen molar-refractivity contribution in [3.05, 3.63) is 65.0 Å². The molecule has 0 radical (unpaired) electrons. The zero-order chi connectivity index (χ0) is 20.4. The zero-order valence-electron chi connectivity index (χ0n) is 16.8. The number of rotatable bonds is 5. The summed E-state index contributed by atoms with van der Waals surface area (Å²) in [7, 11) is -3.41. The summed E-state index contributed by atoms with van der Waals surface area (Å²) in [5.41, 5.74) is 4.16. The fraction of sp³-hybridized carbons (Fsp3) is 0.364. The lowest BCUT2D eigenvalue weighted by molar-refractivity contribution is 0.346. The van der Waals surface area contributed by atoms with E-state index in [-0.39, 0.29) is 0 Å². The van der Waals surface area contributed by atoms with Crippen LogP contribution in [-0.4, -0.2) is 36.0 Å². The number of hydrogen-bond donors (Lipinski definition) is 0. The van der Waals surface area contributed by atoms with Crippen LogP contribution in [0.4, 0.5) is 0 Å². The molecule has 2 heterocycles. The summed E-state index contributed by atoms with van der Waals surface area (Å²) in [5.74, 6) is 1.07. The second-order valence-electron chi connectivity index (χ2n) is 7.67. The fourth-order valence-electron chi connectivity index (χ4n) is 3.76. The molecule has 0 unspecified atom stereocenters. The van der Waals surface area contributed by atoms with Gasteiger partial charge in [-0.3, -0.25) is 0 Å². The molecule has 0 amide bonds. The van der Waals surface area contributed by atoms with E-state index in [1.54, 1.807) is 16.4 Å². The van der Waals surface area contributed by atoms with Crippen LogP contribution >= 0.6 is 0 Å². The van der Waals surface area contributed by atoms with Crippen molar-refractivity contribution >= 4 is 10.0 Å². The number of nitrogens with zero attached hydrogens (tertiary/aromatic N) is 3. The lowest BCUT2D eigenvalue weighted by Crippen LogP contribution is -2.35. The normalized spacial score (nSPS) is 15.5. The number of piperidine rings is 1. The van der Waals surface area contributed by atoms with Gasteiger partial charge in [0.25, 0.3) is 0 Å². The summed E-state index contributed by atoms with van der Waals surface area (Å²) in [6, 6.07) is 13.1. The Morgan fingerprint density at radius 2 is 1.62 bits per heavy atom. The van der Waals surface area contributed by atoms with Gasteiger partial charge in [-0.1, -0.05) is 40.9 Å². The van der Waals surface area contributed by atoms with Gasteiger partial charge in [0.05, 0.1) is 11.3 Å². The number of aryl methyl sites for hydroxylation is 2. The van der Waals surface area contributed by atoms with Crippen molar-refractivity contribution in [2.75, 3.05) is 13.1 Å². The first-order valence-corrected chi connectivity index (χ1v) is 11.4. The summed E-state index contributed by atoms with van der Waals surface area (Å²) >= 11 is 0. The van der Waals surface area contributed by atoms with Crippen molar-refractivity contribution in [1.29, 1.82) is 0 Å². The Balaban J connectivity index is 1.49. The van der Waals surface area contributed by atoms with Gasteiger partial charge in [-0.05, 0) is 56.5 Å². The summed E-state index contributed by atoms with van der Waals surface area (Å²) < 4.78 is 32.5. The summed E-state index contributed by atoms with van der Waals surface area (Å²) in [6.45, 7) is 5.29. The molecule has 0 N–H and O–H groups in total. The van der Waals surface area contributed by atoms with Crippen LogP contribution in [0.1, 0.15) is 41.8 Å². The molecule has 7 heteroatoms. The summed E-state index contributed by atoms with van der Waals surface area (Å²) in [6.07, 6.45) is 3.41. The Morgan fingerprint density at radius 3 is 2.28 bits per heavy atom. The first-order chi connectivity index (χ1) is 13.9. The molecule has 29 heavy (non-hydrogen) atoms. The third-order valence-electron chi connectivity index (χ3n) is 5.18. The Hall–Kier alpha value is -2.51. The predicted molar refractivity (Wildman–Crippen MR) is 111 cm³/mol. The van der Waals surface area contributed by atoms with E-state index in [0.29, 0.717) is 36.1 Å². The van der Waals surface area contributed by atoms with Crippen LogP contribution < -0.4 is 0 Å². The average Bonchev–Trinajstić information content (AvgIpc) is 3.17. The molecule has 0 bridgehead atoms. The first-order valence-electron chi connectivity index (χ1n) is 9.92. The van der Waals surface area contributed by atoms with E-state index in [1.165, 1.54) is 0 Å². The molecule has 1 aliphatic rings. The van der Waals surface area contributed by atoms with E-state index in [9.17, 15) is 8.42 Å². The number of benzene rings is 2. The third kappa shape index (κ3) is 4.41. The van der Waals surface area contributed by atoms with Gasteiger partial charge < -0.3 is 4.52 Å². The standard InChI is InChI=1S/C22H25N3O3S/c1-16-12-17(2)14-19(13-16)22-23-21(28-24-22)15-18-6-8-20(9-7-18)29(26,27)25-10-4-3-5-11-25/h6-9,12-14H,3-5,10-11,15H2,1-2H3. The molecule has 1 saturated heterocycles. The zero-order valence-corrected chi connectivity index (χ0v) is 17.6. The van der Waals surface area contributed by atoms with Crippen molar-refractivity contribution in [3.8, 4) is 11.4 Å². The Morgan fingerprint density at radius 1 is 0.966 bits per heavy atom. The van der Waals surface area contributed by atoms with Gasteiger partial charge in [0.15, 0.2) is 0 Å². The van der Waals surface area contributed by atoms with Gasteiger partial charge in [-0.2, -0.15) is 9.29 Å². The van der Waals surface area contributed by atoms with Crippen LogP contribution in [0.15, 0.2) is 51.9 Å². The van der Waals surface area contributed by atoms with Crippen molar-refractivity contribution in [2.45, 2.75) is 44.4 Å². The Kier molecular flexibility index (Phi) is 5.52. The molecule has 0 saturated carbocycles. The number of sulfonamides is 1. The third-order valence-corrected chi connectivity index (χ3v) is 7.09. The lowest BCUT2D eigenvalue weighted by atomic mass is 10.1. The lowest BCUT2D eigenvalue weighted by Gasteiger charge is -2.25. The molecule has 152 valence electrons. The van der Waals surface area contributed by atoms with Gasteiger partial charge in [0, 0.05) is 18.7 Å². The van der Waals surface area contributed by atoms with E-state index in [1.807, 2.05) is 38.1 Å². The van der Waals surface area contributed by atoms with E-state index in [4.69, 9.17) is 4.52 Å². The second kappa shape index (κ2) is 8.08. The molecular weight excluding hydrogens is 386 g/mol. The van der Waals surface area contributed by atoms with Gasteiger partial charge in [0.1, 0.15) is 0 Å². The van der Waals surface area contributed by atoms with Crippen molar-refractivity contribution in [1.82, 2.24) is 14.4 Å². The van der Waals surface area contributed by atoms with Gasteiger partial charge >= 0.3 is 0 Å². The maximum atomic E-state index is 12.8. The van der Waals surface area contributed by atoms with Crippen LogP contribution in [0.5, 0.6) is 0 Å². The fourth-order valence-corrected chi connectivity index (χ4v) is 5.27. The summed E-state index contributed by atoms with van der Waals surface area (Å²) in [5, 5.41) is 4.09. The minimum Gasteiger partial charge on any atom is -0.339 e. The molecule has 3 aromatic rings. The van der Waals surface area contributed by atoms with Crippen LogP contribution in [0, 0.1) is 13.8 Å². The van der Waals surface area contributed by atoms with Crippen LogP contribution in [-0.2, 0) is 16.4 Å². The Labute approximate surface area is 171 Å². The van der Waals surface area contributed by atoms with Crippen LogP contribution in [0.25, 0.3) is 11.4 Å². The largest absolute Gasteiger partial charge is 0.339 e. The number of aromatic nitrogens is 2. The molecule has 4 rings (SSSR count). The Bertz CT molecular complexity index is 1080. The molecule has 6 nitrogen and oxygen atoms in total. The topological polar surface area (TPSA) is 76.3 Å². The molecule has 1 aliphatic heterocycles. The van der Waals surface area contributed by atoms with Gasteiger partial charge in [-0.25, -0.2) is 8.42 Å². The molecule has 1 fully saturated rings. The minimum absolute atomic E-state index is 0.338. The highest BCUT2D eigenvalue weighted by Crippen LogP contribution is 2.23. The van der Waals surface area contributed by atoms with Crippen molar-refractivity contribution in [3.63, 3.8) is 0 Å². The molecule has 2 aromatic carbocycles. The van der Waals surface area contributed by atoms with Crippen molar-refractivity contribution in [2.24, 2.45) is 0 Å². The SMILES string of the molecule is Cc1cc(C)cc(-c2noc(Cc3ccc(S(=O)(=O)N4CCCCC4)cc3)n2)c1. The average molecular weight is 412 g/mol. The molecule has 1 aromatic heterocycles. The monoisotopic (exact) mass is 411 g/mol. The molecule has 0 aliphatic carbocycles. The van der Waals surface area contributed by atoms with Gasteiger partial charge in [0.2, 0.25) is 21.7 Å². The smallest absolute Gasteiger partial charge is 0.243 e. The van der Waals surface area contributed by atoms with Gasteiger partial charge in [-0.15, -0.1) is 0 Å². The van der Waals surface area contributed by atoms with E-state index in [0.717, 1.165) is 41.5 Å². The highest BCUT2D eigenvalue weighted by atomic mass is 32.2. The van der Waals surface area contributed by atoms with Crippen LogP contribution in [0.3, 0.4) is 0 Å². The maximum Gasteiger partial charge on any atom is 0.243 e. The highest BCUT2D eigenvalue weighted by Gasteiger charge is 2.25. The first kappa shape index (κ1) is 19.8. The maximum absolute atomic E-state index is 12.8. The molecule has 0 atom stereocenters. The highest BCUT2D eigenvalue weighted by molar-refractivity contribution is 7.89. The molecule has 0 spiro atoms. The second-order valence-corrected chi connectivity index (χ2v) is 9.61. The quantitative estimate of drug-likeness (QED) is 0.631. The van der Waals surface area contributed by atoms with Crippen LogP contribution in [0.2, 0.25) is 0 Å². The predicted octanol–water partition coefficient (Wildman–Crippen LogP) is 4.12. The van der Waals surface area contributed by atoms with E-state index < -0.39 is 10.0 Å². The van der Waals surface area contributed by atoms with Crippen molar-refractivity contribution < 1.29 is 12.9 Å². The number of hydrogen-bond acceptors (Lipinski definition) is 5. The van der Waals surface area contributed by atoms with E-state index >= 15 is 0 Å². The minimum atomic E-state index is -3.41. The summed E-state index contributed by atoms with van der Waals surface area (Å²) in [4.78, 5) is 4.84. The molecular formula is C22H25N3O3S. The van der Waals surface area contributed by atoms with E-state index in [2.05, 4.69) is 16.2 Å².